The lowest BCUT2D eigenvalue weighted by atomic mass is 10.1. The third kappa shape index (κ3) is 4.89. The number of nitrogens with zero attached hydrogens (tertiary/aromatic N) is 3. The van der Waals surface area contributed by atoms with Crippen molar-refractivity contribution in [2.75, 3.05) is 53.4 Å². The maximum Gasteiger partial charge on any atom is 0.0231 e. The van der Waals surface area contributed by atoms with Crippen LogP contribution in [0.25, 0.3) is 0 Å². The molecule has 0 amide bonds. The molecule has 1 aromatic rings. The number of likely N-dealkylation sites (N-methyl/N-ethyl adjacent to an activating group) is 2. The predicted octanol–water partition coefficient (Wildman–Crippen LogP) is 1.93. The number of benzene rings is 1. The molecule has 3 heteroatoms. The number of hydrogen-bond acceptors (Lipinski definition) is 3. The highest BCUT2D eigenvalue weighted by atomic mass is 15.3. The SMILES string of the molecule is CCc1ccc(CN(C)CCN2CCN(C)CC2)cc1. The average Bonchev–Trinajstić information content (AvgIpc) is 2.47. The van der Waals surface area contributed by atoms with E-state index in [-0.39, 0.29) is 0 Å². The van der Waals surface area contributed by atoms with Crippen LogP contribution in [0.3, 0.4) is 0 Å². The molecule has 1 saturated heterocycles. The summed E-state index contributed by atoms with van der Waals surface area (Å²) in [4.78, 5) is 7.42. The Kier molecular flexibility index (Phi) is 6.02. The lowest BCUT2D eigenvalue weighted by Crippen LogP contribution is -2.46. The fraction of sp³-hybridized carbons (Fsp3) is 0.647. The molecule has 0 aliphatic carbocycles. The first-order valence-corrected chi connectivity index (χ1v) is 7.84. The van der Waals surface area contributed by atoms with Gasteiger partial charge in [-0.15, -0.1) is 0 Å². The molecule has 0 saturated carbocycles. The lowest BCUT2D eigenvalue weighted by Gasteiger charge is -2.33. The number of piperazine rings is 1. The number of hydrogen-bond donors (Lipinski definition) is 0. The highest BCUT2D eigenvalue weighted by molar-refractivity contribution is 5.22. The summed E-state index contributed by atoms with van der Waals surface area (Å²) >= 11 is 0. The Labute approximate surface area is 124 Å². The molecule has 0 unspecified atom stereocenters. The Balaban J connectivity index is 1.70. The van der Waals surface area contributed by atoms with Crippen molar-refractivity contribution in [1.82, 2.24) is 14.7 Å². The second-order valence-electron chi connectivity index (χ2n) is 6.05. The van der Waals surface area contributed by atoms with Gasteiger partial charge < -0.3 is 9.80 Å². The summed E-state index contributed by atoms with van der Waals surface area (Å²) in [5, 5.41) is 0. The van der Waals surface area contributed by atoms with Crippen LogP contribution >= 0.6 is 0 Å². The summed E-state index contributed by atoms with van der Waals surface area (Å²) in [5.41, 5.74) is 2.84. The van der Waals surface area contributed by atoms with E-state index < -0.39 is 0 Å². The van der Waals surface area contributed by atoms with Gasteiger partial charge in [-0.05, 0) is 31.6 Å². The number of aryl methyl sites for hydroxylation is 1. The molecule has 1 aliphatic heterocycles. The highest BCUT2D eigenvalue weighted by Gasteiger charge is 2.13. The third-order valence-corrected chi connectivity index (χ3v) is 4.28. The Hall–Kier alpha value is -0.900. The van der Waals surface area contributed by atoms with Crippen LogP contribution in [0.15, 0.2) is 24.3 Å². The van der Waals surface area contributed by atoms with Crippen molar-refractivity contribution >= 4 is 0 Å². The van der Waals surface area contributed by atoms with Gasteiger partial charge in [0.2, 0.25) is 0 Å². The predicted molar refractivity (Wildman–Crippen MR) is 86.1 cm³/mol. The van der Waals surface area contributed by atoms with Crippen LogP contribution in [0.5, 0.6) is 0 Å². The smallest absolute Gasteiger partial charge is 0.0231 e. The normalized spacial score (nSPS) is 17.8. The Bertz CT molecular complexity index is 380. The second kappa shape index (κ2) is 7.77. The summed E-state index contributed by atoms with van der Waals surface area (Å²) < 4.78 is 0. The average molecular weight is 275 g/mol. The summed E-state index contributed by atoms with van der Waals surface area (Å²) in [6, 6.07) is 9.05. The van der Waals surface area contributed by atoms with Crippen LogP contribution in [0.4, 0.5) is 0 Å². The van der Waals surface area contributed by atoms with Gasteiger partial charge in [0, 0.05) is 45.8 Å². The first-order valence-electron chi connectivity index (χ1n) is 7.84. The van der Waals surface area contributed by atoms with Crippen LogP contribution < -0.4 is 0 Å². The molecule has 1 fully saturated rings. The van der Waals surface area contributed by atoms with Crippen molar-refractivity contribution < 1.29 is 0 Å². The minimum Gasteiger partial charge on any atom is -0.304 e. The molecule has 20 heavy (non-hydrogen) atoms. The van der Waals surface area contributed by atoms with Gasteiger partial charge in [-0.2, -0.15) is 0 Å². The first-order chi connectivity index (χ1) is 9.67. The first kappa shape index (κ1) is 15.5. The summed E-state index contributed by atoms with van der Waals surface area (Å²) in [6.45, 7) is 10.5. The summed E-state index contributed by atoms with van der Waals surface area (Å²) in [7, 11) is 4.44. The van der Waals surface area contributed by atoms with Gasteiger partial charge in [0.1, 0.15) is 0 Å². The molecule has 2 rings (SSSR count). The zero-order chi connectivity index (χ0) is 14.4. The highest BCUT2D eigenvalue weighted by Crippen LogP contribution is 2.07. The fourth-order valence-electron chi connectivity index (χ4n) is 2.65. The van der Waals surface area contributed by atoms with Gasteiger partial charge in [-0.1, -0.05) is 31.2 Å². The van der Waals surface area contributed by atoms with Gasteiger partial charge in [-0.25, -0.2) is 0 Å². The molecule has 3 nitrogen and oxygen atoms in total. The standard InChI is InChI=1S/C17H29N3/c1-4-16-5-7-17(8-6-16)15-19(3)11-14-20-12-9-18(2)10-13-20/h5-8H,4,9-15H2,1-3H3. The van der Waals surface area contributed by atoms with Crippen molar-refractivity contribution in [3.05, 3.63) is 35.4 Å². The van der Waals surface area contributed by atoms with E-state index in [4.69, 9.17) is 0 Å². The van der Waals surface area contributed by atoms with Crippen molar-refractivity contribution in [1.29, 1.82) is 0 Å². The second-order valence-corrected chi connectivity index (χ2v) is 6.05. The Morgan fingerprint density at radius 1 is 1.00 bits per heavy atom. The molecular weight excluding hydrogens is 246 g/mol. The molecule has 0 aromatic heterocycles. The third-order valence-electron chi connectivity index (χ3n) is 4.28. The molecule has 0 bridgehead atoms. The van der Waals surface area contributed by atoms with E-state index in [0.717, 1.165) is 19.5 Å². The summed E-state index contributed by atoms with van der Waals surface area (Å²) in [5.74, 6) is 0. The Morgan fingerprint density at radius 2 is 1.60 bits per heavy atom. The van der Waals surface area contributed by atoms with Crippen LogP contribution in [0, 0.1) is 0 Å². The fourth-order valence-corrected chi connectivity index (χ4v) is 2.65. The van der Waals surface area contributed by atoms with E-state index in [1.54, 1.807) is 0 Å². The molecule has 1 heterocycles. The van der Waals surface area contributed by atoms with Gasteiger partial charge in [-0.3, -0.25) is 4.90 Å². The van der Waals surface area contributed by atoms with Gasteiger partial charge in [0.05, 0.1) is 0 Å². The van der Waals surface area contributed by atoms with Crippen LogP contribution in [-0.2, 0) is 13.0 Å². The maximum absolute atomic E-state index is 2.58. The zero-order valence-corrected chi connectivity index (χ0v) is 13.3. The van der Waals surface area contributed by atoms with Crippen molar-refractivity contribution in [2.24, 2.45) is 0 Å². The molecule has 1 aromatic carbocycles. The monoisotopic (exact) mass is 275 g/mol. The van der Waals surface area contributed by atoms with E-state index in [1.807, 2.05) is 0 Å². The topological polar surface area (TPSA) is 9.72 Å². The van der Waals surface area contributed by atoms with Crippen molar-refractivity contribution in [3.8, 4) is 0 Å². The molecule has 1 aliphatic rings. The maximum atomic E-state index is 2.58. The molecule has 0 N–H and O–H groups in total. The summed E-state index contributed by atoms with van der Waals surface area (Å²) in [6.07, 6.45) is 1.12. The number of rotatable bonds is 6. The minimum atomic E-state index is 1.05. The van der Waals surface area contributed by atoms with E-state index >= 15 is 0 Å². The van der Waals surface area contributed by atoms with Crippen LogP contribution in [0.2, 0.25) is 0 Å². The van der Waals surface area contributed by atoms with E-state index in [9.17, 15) is 0 Å². The Morgan fingerprint density at radius 3 is 2.20 bits per heavy atom. The molecule has 112 valence electrons. The van der Waals surface area contributed by atoms with Gasteiger partial charge in [0.15, 0.2) is 0 Å². The minimum absolute atomic E-state index is 1.05. The van der Waals surface area contributed by atoms with Gasteiger partial charge >= 0.3 is 0 Å². The molecule has 0 radical (unpaired) electrons. The van der Waals surface area contributed by atoms with Gasteiger partial charge in [0.25, 0.3) is 0 Å². The van der Waals surface area contributed by atoms with Crippen LogP contribution in [0.1, 0.15) is 18.1 Å². The molecular formula is C17H29N3. The van der Waals surface area contributed by atoms with Crippen molar-refractivity contribution in [3.63, 3.8) is 0 Å². The molecule has 0 spiro atoms. The van der Waals surface area contributed by atoms with Crippen molar-refractivity contribution in [2.45, 2.75) is 19.9 Å². The van der Waals surface area contributed by atoms with E-state index in [0.29, 0.717) is 0 Å². The zero-order valence-electron chi connectivity index (χ0n) is 13.3. The lowest BCUT2D eigenvalue weighted by molar-refractivity contribution is 0.139. The largest absolute Gasteiger partial charge is 0.304 e. The van der Waals surface area contributed by atoms with E-state index in [1.165, 1.54) is 43.9 Å². The van der Waals surface area contributed by atoms with E-state index in [2.05, 4.69) is 60.0 Å². The van der Waals surface area contributed by atoms with Crippen LogP contribution in [-0.4, -0.2) is 68.1 Å². The molecule has 0 atom stereocenters. The quantitative estimate of drug-likeness (QED) is 0.785.